The van der Waals surface area contributed by atoms with Crippen molar-refractivity contribution < 1.29 is 36.7 Å². The molecule has 0 radical (unpaired) electrons. The molecule has 2 aliphatic heterocycles. The van der Waals surface area contributed by atoms with E-state index in [2.05, 4.69) is 5.32 Å². The van der Waals surface area contributed by atoms with Crippen LogP contribution in [0.15, 0.2) is 24.3 Å². The van der Waals surface area contributed by atoms with E-state index in [0.29, 0.717) is 16.3 Å². The number of hydrogen-bond acceptors (Lipinski definition) is 6. The highest BCUT2D eigenvalue weighted by atomic mass is 35.6. The van der Waals surface area contributed by atoms with Gasteiger partial charge in [-0.25, -0.2) is 14.1 Å². The van der Waals surface area contributed by atoms with Crippen LogP contribution in [0.5, 0.6) is 0 Å². The fourth-order valence-electron chi connectivity index (χ4n) is 3.78. The SMILES string of the molecule is CC(=O)NCC1CN(c2ccc(N3CCN(C(NC(=O)C(Cl)(Cl)Cl)C(F)(F)F)C(F)C3)cc2)C(=O)O1. The van der Waals surface area contributed by atoms with E-state index in [1.54, 1.807) is 29.6 Å². The molecule has 36 heavy (non-hydrogen) atoms. The monoisotopic (exact) mass is 577 g/mol. The summed E-state index contributed by atoms with van der Waals surface area (Å²) in [4.78, 5) is 38.3. The lowest BCUT2D eigenvalue weighted by Crippen LogP contribution is -2.65. The standard InChI is InChI=1S/C20H22Cl3F4N5O4/c1-11(33)28-8-14-9-32(18(35)36-14)13-4-2-12(3-5-13)30-6-7-31(15(24)10-30)16(20(25,26)27)29-17(34)19(21,22)23/h2-5,14-16H,6-10H2,1H3,(H,28,33)(H,29,34). The molecule has 200 valence electrons. The minimum Gasteiger partial charge on any atom is -0.442 e. The average Bonchev–Trinajstić information content (AvgIpc) is 3.15. The van der Waals surface area contributed by atoms with E-state index in [9.17, 15) is 31.9 Å². The molecule has 16 heteroatoms. The molecule has 0 spiro atoms. The van der Waals surface area contributed by atoms with Crippen molar-refractivity contribution in [2.75, 3.05) is 42.5 Å². The van der Waals surface area contributed by atoms with E-state index < -0.39 is 53.6 Å². The van der Waals surface area contributed by atoms with E-state index in [0.717, 1.165) is 0 Å². The first-order valence-electron chi connectivity index (χ1n) is 10.6. The Kier molecular flexibility index (Phi) is 8.69. The molecule has 1 aromatic carbocycles. The molecule has 2 heterocycles. The predicted octanol–water partition coefficient (Wildman–Crippen LogP) is 2.94. The summed E-state index contributed by atoms with van der Waals surface area (Å²) < 4.78 is 58.1. The molecular formula is C20H22Cl3F4N5O4. The van der Waals surface area contributed by atoms with Gasteiger partial charge >= 0.3 is 12.3 Å². The number of halogens is 7. The minimum absolute atomic E-state index is 0.000527. The van der Waals surface area contributed by atoms with Crippen LogP contribution in [-0.2, 0) is 14.3 Å². The second-order valence-electron chi connectivity index (χ2n) is 8.10. The van der Waals surface area contributed by atoms with Crippen molar-refractivity contribution in [2.45, 2.75) is 35.5 Å². The van der Waals surface area contributed by atoms with Gasteiger partial charge in [0.2, 0.25) is 5.91 Å². The number of piperazine rings is 1. The Morgan fingerprint density at radius 2 is 1.72 bits per heavy atom. The largest absolute Gasteiger partial charge is 0.442 e. The summed E-state index contributed by atoms with van der Waals surface area (Å²) in [6.45, 7) is 0.900. The van der Waals surface area contributed by atoms with E-state index in [1.165, 1.54) is 16.7 Å². The normalized spacial score (nSPS) is 22.3. The van der Waals surface area contributed by atoms with Crippen molar-refractivity contribution in [3.8, 4) is 0 Å². The fourth-order valence-corrected chi connectivity index (χ4v) is 3.94. The number of cyclic esters (lactones) is 1. The van der Waals surface area contributed by atoms with Crippen LogP contribution in [0, 0.1) is 0 Å². The van der Waals surface area contributed by atoms with Gasteiger partial charge in [0, 0.05) is 31.4 Å². The van der Waals surface area contributed by atoms with Gasteiger partial charge in [0.25, 0.3) is 9.70 Å². The van der Waals surface area contributed by atoms with Gasteiger partial charge in [-0.15, -0.1) is 0 Å². The highest BCUT2D eigenvalue weighted by Gasteiger charge is 2.50. The maximum absolute atomic E-state index is 14.9. The summed E-state index contributed by atoms with van der Waals surface area (Å²) in [6.07, 6.45) is -10.9. The number of nitrogens with zero attached hydrogens (tertiary/aromatic N) is 3. The summed E-state index contributed by atoms with van der Waals surface area (Å²) in [5.41, 5.74) is 1.01. The van der Waals surface area contributed by atoms with Gasteiger partial charge in [0.05, 0.1) is 19.6 Å². The molecule has 2 aliphatic rings. The van der Waals surface area contributed by atoms with Crippen LogP contribution in [0.4, 0.5) is 33.7 Å². The van der Waals surface area contributed by atoms with Crippen molar-refractivity contribution in [2.24, 2.45) is 0 Å². The zero-order valence-corrected chi connectivity index (χ0v) is 21.0. The smallest absolute Gasteiger partial charge is 0.422 e. The number of nitrogens with one attached hydrogen (secondary N) is 2. The summed E-state index contributed by atoms with van der Waals surface area (Å²) in [5.74, 6) is -1.78. The van der Waals surface area contributed by atoms with Gasteiger partial charge in [-0.1, -0.05) is 34.8 Å². The number of carbonyl (C=O) groups excluding carboxylic acids is 3. The lowest BCUT2D eigenvalue weighted by molar-refractivity contribution is -0.209. The molecule has 0 aromatic heterocycles. The Morgan fingerprint density at radius 3 is 2.25 bits per heavy atom. The third kappa shape index (κ3) is 6.96. The van der Waals surface area contributed by atoms with Gasteiger partial charge in [-0.2, -0.15) is 13.2 Å². The van der Waals surface area contributed by atoms with Crippen LogP contribution in [0.3, 0.4) is 0 Å². The molecule has 3 unspecified atom stereocenters. The van der Waals surface area contributed by atoms with Crippen molar-refractivity contribution in [1.82, 2.24) is 15.5 Å². The molecule has 1 aromatic rings. The predicted molar refractivity (Wildman–Crippen MR) is 125 cm³/mol. The van der Waals surface area contributed by atoms with Gasteiger partial charge in [0.1, 0.15) is 6.10 Å². The molecule has 2 fully saturated rings. The number of carbonyl (C=O) groups is 3. The molecule has 0 aliphatic carbocycles. The molecule has 0 bridgehead atoms. The van der Waals surface area contributed by atoms with Crippen molar-refractivity contribution in [1.29, 1.82) is 0 Å². The van der Waals surface area contributed by atoms with Crippen molar-refractivity contribution in [3.05, 3.63) is 24.3 Å². The lowest BCUT2D eigenvalue weighted by Gasteiger charge is -2.43. The van der Waals surface area contributed by atoms with E-state index in [4.69, 9.17) is 39.5 Å². The first kappa shape index (κ1) is 28.4. The van der Waals surface area contributed by atoms with Crippen LogP contribution in [-0.4, -0.2) is 84.1 Å². The maximum atomic E-state index is 14.9. The maximum Gasteiger partial charge on any atom is 0.422 e. The Bertz CT molecular complexity index is 980. The molecule has 3 atom stereocenters. The third-order valence-corrected chi connectivity index (χ3v) is 6.02. The van der Waals surface area contributed by atoms with Gasteiger partial charge in [0.15, 0.2) is 12.5 Å². The number of ether oxygens (including phenoxy) is 1. The number of alkyl halides is 7. The molecular weight excluding hydrogens is 557 g/mol. The van der Waals surface area contributed by atoms with E-state index in [1.807, 2.05) is 0 Å². The zero-order valence-electron chi connectivity index (χ0n) is 18.7. The topological polar surface area (TPSA) is 94.2 Å². The van der Waals surface area contributed by atoms with Gasteiger partial charge in [-0.05, 0) is 24.3 Å². The lowest BCUT2D eigenvalue weighted by atomic mass is 10.2. The van der Waals surface area contributed by atoms with Gasteiger partial charge in [-0.3, -0.25) is 14.5 Å². The Labute approximate surface area is 218 Å². The zero-order chi connectivity index (χ0) is 26.8. The summed E-state index contributed by atoms with van der Waals surface area (Å²) in [7, 11) is 0. The summed E-state index contributed by atoms with van der Waals surface area (Å²) in [5, 5.41) is 4.12. The Balaban J connectivity index is 1.64. The first-order chi connectivity index (χ1) is 16.7. The minimum atomic E-state index is -5.03. The third-order valence-electron chi connectivity index (χ3n) is 5.51. The van der Waals surface area contributed by atoms with Crippen LogP contribution in [0.2, 0.25) is 0 Å². The molecule has 9 nitrogen and oxygen atoms in total. The van der Waals surface area contributed by atoms with Crippen molar-refractivity contribution in [3.63, 3.8) is 0 Å². The van der Waals surface area contributed by atoms with Crippen molar-refractivity contribution >= 4 is 64.1 Å². The van der Waals surface area contributed by atoms with Crippen LogP contribution in [0.25, 0.3) is 0 Å². The quantitative estimate of drug-likeness (QED) is 0.306. The number of benzene rings is 1. The summed E-state index contributed by atoms with van der Waals surface area (Å²) >= 11 is 16.0. The number of amides is 3. The molecule has 3 rings (SSSR count). The number of anilines is 2. The number of hydrogen-bond donors (Lipinski definition) is 2. The van der Waals surface area contributed by atoms with Crippen LogP contribution >= 0.6 is 34.8 Å². The highest BCUT2D eigenvalue weighted by molar-refractivity contribution is 6.76. The number of rotatable bonds is 6. The molecule has 2 saturated heterocycles. The van der Waals surface area contributed by atoms with Crippen LogP contribution in [0.1, 0.15) is 6.92 Å². The van der Waals surface area contributed by atoms with E-state index in [-0.39, 0.29) is 25.5 Å². The Morgan fingerprint density at radius 1 is 1.11 bits per heavy atom. The fraction of sp³-hybridized carbons (Fsp3) is 0.550. The van der Waals surface area contributed by atoms with Crippen LogP contribution < -0.4 is 20.4 Å². The highest BCUT2D eigenvalue weighted by Crippen LogP contribution is 2.32. The second kappa shape index (κ2) is 11.0. The first-order valence-corrected chi connectivity index (χ1v) is 11.7. The molecule has 2 N–H and O–H groups in total. The average molecular weight is 579 g/mol. The van der Waals surface area contributed by atoms with E-state index >= 15 is 0 Å². The Hall–Kier alpha value is -2.22. The molecule has 0 saturated carbocycles. The summed E-state index contributed by atoms with van der Waals surface area (Å²) in [6, 6.07) is 6.38. The van der Waals surface area contributed by atoms with Gasteiger partial charge < -0.3 is 20.3 Å². The second-order valence-corrected chi connectivity index (χ2v) is 10.4. The molecule has 3 amide bonds.